The number of hydrogen-bond donors (Lipinski definition) is 1. The van der Waals surface area contributed by atoms with Crippen LogP contribution in [0.3, 0.4) is 0 Å². The van der Waals surface area contributed by atoms with E-state index >= 15 is 0 Å². The van der Waals surface area contributed by atoms with Gasteiger partial charge in [0.15, 0.2) is 16.3 Å². The highest BCUT2D eigenvalue weighted by Gasteiger charge is 2.17. The third kappa shape index (κ3) is 3.06. The Labute approximate surface area is 129 Å². The molecule has 21 heavy (non-hydrogen) atoms. The molecule has 116 valence electrons. The third-order valence-corrected chi connectivity index (χ3v) is 3.87. The number of ether oxygens (including phenoxy) is 3. The van der Waals surface area contributed by atoms with Crippen LogP contribution in [0.4, 0.5) is 0 Å². The van der Waals surface area contributed by atoms with Crippen molar-refractivity contribution in [1.29, 1.82) is 0 Å². The zero-order chi connectivity index (χ0) is 15.4. The van der Waals surface area contributed by atoms with Crippen molar-refractivity contribution in [2.45, 2.75) is 25.8 Å². The predicted octanol–water partition coefficient (Wildman–Crippen LogP) is 3.70. The van der Waals surface area contributed by atoms with Crippen LogP contribution in [0.1, 0.15) is 25.8 Å². The minimum absolute atomic E-state index is 0.208. The highest BCUT2D eigenvalue weighted by molar-refractivity contribution is 7.71. The molecule has 0 spiro atoms. The highest BCUT2D eigenvalue weighted by Crippen LogP contribution is 2.33. The second-order valence-electron chi connectivity index (χ2n) is 4.92. The summed E-state index contributed by atoms with van der Waals surface area (Å²) in [5.74, 6) is 1.38. The lowest BCUT2D eigenvalue weighted by Crippen LogP contribution is -2.14. The summed E-state index contributed by atoms with van der Waals surface area (Å²) in [6.07, 6.45) is 2.07. The van der Waals surface area contributed by atoms with Crippen molar-refractivity contribution in [3.63, 3.8) is 0 Å². The molecule has 0 amide bonds. The zero-order valence-electron chi connectivity index (χ0n) is 12.9. The second-order valence-corrected chi connectivity index (χ2v) is 5.31. The molecule has 0 aliphatic rings. The standard InChI is InChI=1S/C15H22N2O3S/c1-5-6-10(9-18-2)17-12-8-14(20-4)13(19-3)7-11(12)16-15(17)21/h7-8,10H,5-6,9H2,1-4H3,(H,16,21). The summed E-state index contributed by atoms with van der Waals surface area (Å²) in [6.45, 7) is 2.79. The van der Waals surface area contributed by atoms with Crippen molar-refractivity contribution < 1.29 is 14.2 Å². The van der Waals surface area contributed by atoms with Gasteiger partial charge in [0, 0.05) is 19.2 Å². The zero-order valence-corrected chi connectivity index (χ0v) is 13.8. The lowest BCUT2D eigenvalue weighted by molar-refractivity contribution is 0.151. The number of aromatic amines is 1. The molecule has 5 nitrogen and oxygen atoms in total. The van der Waals surface area contributed by atoms with Gasteiger partial charge in [-0.3, -0.25) is 0 Å². The lowest BCUT2D eigenvalue weighted by atomic mass is 10.1. The first-order chi connectivity index (χ1) is 10.2. The molecule has 6 heteroatoms. The molecule has 1 atom stereocenters. The number of nitrogens with one attached hydrogen (secondary N) is 1. The number of aromatic nitrogens is 2. The van der Waals surface area contributed by atoms with Crippen LogP contribution in [-0.2, 0) is 4.74 Å². The Bertz CT molecular complexity index is 657. The fourth-order valence-electron chi connectivity index (χ4n) is 2.63. The molecule has 0 aliphatic heterocycles. The molecule has 1 aromatic heterocycles. The van der Waals surface area contributed by atoms with Gasteiger partial charge in [0.25, 0.3) is 0 Å². The maximum absolute atomic E-state index is 5.49. The van der Waals surface area contributed by atoms with E-state index < -0.39 is 0 Å². The Morgan fingerprint density at radius 2 is 1.86 bits per heavy atom. The minimum Gasteiger partial charge on any atom is -0.493 e. The number of methoxy groups -OCH3 is 3. The van der Waals surface area contributed by atoms with Crippen LogP contribution in [0.2, 0.25) is 0 Å². The van der Waals surface area contributed by atoms with Gasteiger partial charge in [-0.15, -0.1) is 0 Å². The number of rotatable bonds is 7. The lowest BCUT2D eigenvalue weighted by Gasteiger charge is -2.18. The predicted molar refractivity (Wildman–Crippen MR) is 86.0 cm³/mol. The smallest absolute Gasteiger partial charge is 0.178 e. The molecule has 0 radical (unpaired) electrons. The highest BCUT2D eigenvalue weighted by atomic mass is 32.1. The van der Waals surface area contributed by atoms with E-state index in [1.54, 1.807) is 21.3 Å². The summed E-state index contributed by atoms with van der Waals surface area (Å²) in [7, 11) is 4.97. The topological polar surface area (TPSA) is 48.4 Å². The fourth-order valence-corrected chi connectivity index (χ4v) is 2.98. The molecule has 1 heterocycles. The van der Waals surface area contributed by atoms with E-state index in [0.29, 0.717) is 22.9 Å². The average molecular weight is 310 g/mol. The monoisotopic (exact) mass is 310 g/mol. The van der Waals surface area contributed by atoms with E-state index in [-0.39, 0.29) is 6.04 Å². The van der Waals surface area contributed by atoms with Crippen molar-refractivity contribution in [3.8, 4) is 11.5 Å². The van der Waals surface area contributed by atoms with Gasteiger partial charge in [-0.05, 0) is 18.6 Å². The van der Waals surface area contributed by atoms with Gasteiger partial charge in [-0.25, -0.2) is 0 Å². The maximum atomic E-state index is 5.49. The number of nitrogens with zero attached hydrogens (tertiary/aromatic N) is 1. The van der Waals surface area contributed by atoms with Crippen molar-refractivity contribution in [2.75, 3.05) is 27.9 Å². The van der Waals surface area contributed by atoms with Gasteiger partial charge in [0.05, 0.1) is 37.9 Å². The van der Waals surface area contributed by atoms with Gasteiger partial charge in [-0.2, -0.15) is 0 Å². The van der Waals surface area contributed by atoms with Crippen LogP contribution >= 0.6 is 12.2 Å². The maximum Gasteiger partial charge on any atom is 0.178 e. The Hall–Kier alpha value is -1.53. The van der Waals surface area contributed by atoms with Gasteiger partial charge in [0.1, 0.15) is 0 Å². The summed E-state index contributed by atoms with van der Waals surface area (Å²) in [4.78, 5) is 3.24. The number of hydrogen-bond acceptors (Lipinski definition) is 4. The van der Waals surface area contributed by atoms with E-state index in [1.807, 2.05) is 12.1 Å². The molecule has 2 rings (SSSR count). The second kappa shape index (κ2) is 6.95. The van der Waals surface area contributed by atoms with Crippen molar-refractivity contribution in [2.24, 2.45) is 0 Å². The van der Waals surface area contributed by atoms with E-state index in [2.05, 4.69) is 16.5 Å². The van der Waals surface area contributed by atoms with Crippen LogP contribution in [0, 0.1) is 4.77 Å². The van der Waals surface area contributed by atoms with Crippen LogP contribution in [-0.4, -0.2) is 37.5 Å². The summed E-state index contributed by atoms with van der Waals surface area (Å²) in [6, 6.07) is 4.08. The largest absolute Gasteiger partial charge is 0.493 e. The normalized spacial score (nSPS) is 12.6. The van der Waals surface area contributed by atoms with Crippen LogP contribution < -0.4 is 9.47 Å². The molecule has 0 fully saturated rings. The third-order valence-electron chi connectivity index (χ3n) is 3.57. The Balaban J connectivity index is 2.62. The molecule has 1 aromatic carbocycles. The first-order valence-electron chi connectivity index (χ1n) is 7.01. The van der Waals surface area contributed by atoms with Gasteiger partial charge in [0.2, 0.25) is 0 Å². The Kier molecular flexibility index (Phi) is 5.25. The molecule has 0 saturated heterocycles. The summed E-state index contributed by atoms with van der Waals surface area (Å²) < 4.78 is 18.9. The van der Waals surface area contributed by atoms with E-state index in [1.165, 1.54) is 0 Å². The van der Waals surface area contributed by atoms with Crippen LogP contribution in [0.15, 0.2) is 12.1 Å². The number of benzene rings is 1. The average Bonchev–Trinajstić information content (AvgIpc) is 2.80. The summed E-state index contributed by atoms with van der Waals surface area (Å²) in [5.41, 5.74) is 1.95. The van der Waals surface area contributed by atoms with E-state index in [0.717, 1.165) is 23.9 Å². The molecule has 1 N–H and O–H groups in total. The van der Waals surface area contributed by atoms with E-state index in [4.69, 9.17) is 26.4 Å². The first-order valence-corrected chi connectivity index (χ1v) is 7.42. The minimum atomic E-state index is 0.208. The SMILES string of the molecule is CCCC(COC)n1c(=S)[nH]c2cc(OC)c(OC)cc21. The molecule has 0 aliphatic carbocycles. The Morgan fingerprint density at radius 1 is 1.19 bits per heavy atom. The van der Waals surface area contributed by atoms with Crippen molar-refractivity contribution in [1.82, 2.24) is 9.55 Å². The van der Waals surface area contributed by atoms with Gasteiger partial charge < -0.3 is 23.8 Å². The van der Waals surface area contributed by atoms with Crippen molar-refractivity contribution >= 4 is 23.3 Å². The number of fused-ring (bicyclic) bond motifs is 1. The molecular weight excluding hydrogens is 288 g/mol. The molecule has 0 saturated carbocycles. The van der Waals surface area contributed by atoms with E-state index in [9.17, 15) is 0 Å². The summed E-state index contributed by atoms with van der Waals surface area (Å²) >= 11 is 5.49. The summed E-state index contributed by atoms with van der Waals surface area (Å²) in [5, 5.41) is 0. The number of H-pyrrole nitrogens is 1. The molecule has 2 aromatic rings. The molecular formula is C15H22N2O3S. The van der Waals surface area contributed by atoms with Crippen LogP contribution in [0.5, 0.6) is 11.5 Å². The van der Waals surface area contributed by atoms with Crippen molar-refractivity contribution in [3.05, 3.63) is 16.9 Å². The quantitative estimate of drug-likeness (QED) is 0.792. The first kappa shape index (κ1) is 15.9. The Morgan fingerprint density at radius 3 is 2.43 bits per heavy atom. The van der Waals surface area contributed by atoms with Gasteiger partial charge >= 0.3 is 0 Å². The molecule has 1 unspecified atom stereocenters. The molecule has 0 bridgehead atoms. The van der Waals surface area contributed by atoms with Crippen LogP contribution in [0.25, 0.3) is 11.0 Å². The number of imidazole rings is 1. The van der Waals surface area contributed by atoms with Gasteiger partial charge in [-0.1, -0.05) is 13.3 Å². The fraction of sp³-hybridized carbons (Fsp3) is 0.533.